The van der Waals surface area contributed by atoms with Gasteiger partial charge in [-0.2, -0.15) is 0 Å². The summed E-state index contributed by atoms with van der Waals surface area (Å²) in [5.74, 6) is 0. The van der Waals surface area contributed by atoms with E-state index in [-0.39, 0.29) is 15.8 Å². The van der Waals surface area contributed by atoms with E-state index in [1.807, 2.05) is 0 Å². The highest BCUT2D eigenvalue weighted by atomic mass is 32.2. The van der Waals surface area contributed by atoms with E-state index >= 15 is 0 Å². The van der Waals surface area contributed by atoms with Crippen molar-refractivity contribution in [1.29, 1.82) is 0 Å². The summed E-state index contributed by atoms with van der Waals surface area (Å²) >= 11 is 0. The number of rotatable bonds is 5. The molecule has 0 saturated heterocycles. The average Bonchev–Trinajstić information content (AvgIpc) is 2.36. The van der Waals surface area contributed by atoms with Crippen molar-refractivity contribution >= 4 is 19.7 Å². The van der Waals surface area contributed by atoms with Gasteiger partial charge in [0.2, 0.25) is 0 Å². The maximum absolute atomic E-state index is 12.3. The predicted molar refractivity (Wildman–Crippen MR) is 74.7 cm³/mol. The summed E-state index contributed by atoms with van der Waals surface area (Å²) in [4.78, 5) is 0.246. The highest BCUT2D eigenvalue weighted by molar-refractivity contribution is 7.92. The van der Waals surface area contributed by atoms with Gasteiger partial charge in [0.1, 0.15) is 0 Å². The van der Waals surface area contributed by atoms with Crippen molar-refractivity contribution in [3.63, 3.8) is 0 Å². The van der Waals surface area contributed by atoms with Gasteiger partial charge in [0.25, 0.3) is 0 Å². The van der Waals surface area contributed by atoms with E-state index in [0.29, 0.717) is 0 Å². The Kier molecular flexibility index (Phi) is 4.76. The van der Waals surface area contributed by atoms with Gasteiger partial charge in [-0.1, -0.05) is 0 Å². The molecule has 0 bridgehead atoms. The summed E-state index contributed by atoms with van der Waals surface area (Å²) in [6.07, 6.45) is 1.09. The van der Waals surface area contributed by atoms with Crippen LogP contribution >= 0.6 is 0 Å². The highest BCUT2D eigenvalue weighted by Gasteiger charge is 2.27. The Morgan fingerprint density at radius 1 is 0.947 bits per heavy atom. The zero-order valence-corrected chi connectivity index (χ0v) is 13.0. The zero-order valence-electron chi connectivity index (χ0n) is 11.4. The van der Waals surface area contributed by atoms with Gasteiger partial charge < -0.3 is 5.32 Å². The molecule has 7 heteroatoms. The average molecular weight is 305 g/mol. The minimum atomic E-state index is -3.47. The topological polar surface area (TPSA) is 80.3 Å². The van der Waals surface area contributed by atoms with Crippen LogP contribution in [0.5, 0.6) is 0 Å². The van der Waals surface area contributed by atoms with Gasteiger partial charge in [0, 0.05) is 12.3 Å². The largest absolute Gasteiger partial charge is 0.316 e. The van der Waals surface area contributed by atoms with Gasteiger partial charge in [-0.05, 0) is 45.2 Å². The van der Waals surface area contributed by atoms with Crippen molar-refractivity contribution in [2.24, 2.45) is 0 Å². The highest BCUT2D eigenvalue weighted by Crippen LogP contribution is 2.20. The van der Waals surface area contributed by atoms with E-state index in [2.05, 4.69) is 5.32 Å². The fraction of sp³-hybridized carbons (Fsp3) is 0.500. The zero-order chi connectivity index (χ0) is 14.8. The molecule has 2 atom stereocenters. The molecule has 2 unspecified atom stereocenters. The van der Waals surface area contributed by atoms with Crippen molar-refractivity contribution in [2.75, 3.05) is 13.3 Å². The molecule has 0 saturated carbocycles. The second-order valence-electron chi connectivity index (χ2n) is 4.57. The van der Waals surface area contributed by atoms with Crippen LogP contribution in [0.4, 0.5) is 0 Å². The Hall–Kier alpha value is -0.920. The Morgan fingerprint density at radius 3 is 1.74 bits per heavy atom. The third-order valence-electron chi connectivity index (χ3n) is 3.23. The van der Waals surface area contributed by atoms with Crippen LogP contribution < -0.4 is 5.32 Å². The molecule has 0 amide bonds. The number of sulfone groups is 2. The molecule has 1 aromatic rings. The molecule has 0 aliphatic rings. The maximum atomic E-state index is 12.3. The standard InChI is InChI=1S/C12H19NO4S2/c1-9(13-3)10(2)19(16,17)12-7-5-11(6-8-12)18(4,14)15/h5-10,13H,1-4H3. The quantitative estimate of drug-likeness (QED) is 0.872. The van der Waals surface area contributed by atoms with Crippen LogP contribution in [-0.2, 0) is 19.7 Å². The fourth-order valence-electron chi connectivity index (χ4n) is 1.59. The number of hydrogen-bond donors (Lipinski definition) is 1. The maximum Gasteiger partial charge on any atom is 0.182 e. The Morgan fingerprint density at radius 2 is 1.37 bits per heavy atom. The first-order chi connectivity index (χ1) is 8.60. The van der Waals surface area contributed by atoms with Crippen LogP contribution in [0.25, 0.3) is 0 Å². The van der Waals surface area contributed by atoms with Gasteiger partial charge in [0.05, 0.1) is 15.0 Å². The minimum Gasteiger partial charge on any atom is -0.316 e. The smallest absolute Gasteiger partial charge is 0.182 e. The van der Waals surface area contributed by atoms with E-state index in [0.717, 1.165) is 6.26 Å². The third-order valence-corrected chi connectivity index (χ3v) is 6.67. The second kappa shape index (κ2) is 5.60. The van der Waals surface area contributed by atoms with Gasteiger partial charge in [-0.25, -0.2) is 16.8 Å². The molecule has 0 fully saturated rings. The summed E-state index contributed by atoms with van der Waals surface area (Å²) in [5.41, 5.74) is 0. The lowest BCUT2D eigenvalue weighted by Gasteiger charge is -2.19. The van der Waals surface area contributed by atoms with Crippen LogP contribution in [0.15, 0.2) is 34.1 Å². The number of nitrogens with one attached hydrogen (secondary N) is 1. The first-order valence-electron chi connectivity index (χ1n) is 5.82. The fourth-order valence-corrected chi connectivity index (χ4v) is 3.84. The van der Waals surface area contributed by atoms with Crippen molar-refractivity contribution in [3.8, 4) is 0 Å². The van der Waals surface area contributed by atoms with E-state index in [1.54, 1.807) is 20.9 Å². The lowest BCUT2D eigenvalue weighted by atomic mass is 10.3. The molecule has 0 aliphatic carbocycles. The molecule has 0 heterocycles. The van der Waals surface area contributed by atoms with E-state index < -0.39 is 24.9 Å². The normalized spacial score (nSPS) is 16.0. The first kappa shape index (κ1) is 16.1. The third kappa shape index (κ3) is 3.55. The van der Waals surface area contributed by atoms with Gasteiger partial charge >= 0.3 is 0 Å². The number of hydrogen-bond acceptors (Lipinski definition) is 5. The van der Waals surface area contributed by atoms with Crippen molar-refractivity contribution in [3.05, 3.63) is 24.3 Å². The molecule has 0 aliphatic heterocycles. The van der Waals surface area contributed by atoms with E-state index in [4.69, 9.17) is 0 Å². The van der Waals surface area contributed by atoms with Crippen LogP contribution in [0, 0.1) is 0 Å². The molecule has 1 N–H and O–H groups in total. The summed E-state index contributed by atoms with van der Waals surface area (Å²) in [6.45, 7) is 3.41. The van der Waals surface area contributed by atoms with Crippen molar-refractivity contribution < 1.29 is 16.8 Å². The molecule has 5 nitrogen and oxygen atoms in total. The van der Waals surface area contributed by atoms with Crippen molar-refractivity contribution in [1.82, 2.24) is 5.32 Å². The molecule has 0 aromatic heterocycles. The second-order valence-corrected chi connectivity index (χ2v) is 8.89. The molecule has 0 spiro atoms. The molecular weight excluding hydrogens is 286 g/mol. The van der Waals surface area contributed by atoms with Gasteiger partial charge in [-0.15, -0.1) is 0 Å². The molecule has 0 radical (unpaired) electrons. The van der Waals surface area contributed by atoms with Crippen molar-refractivity contribution in [2.45, 2.75) is 34.9 Å². The molecule has 1 rings (SSSR count). The van der Waals surface area contributed by atoms with Gasteiger partial charge in [-0.3, -0.25) is 0 Å². The lowest BCUT2D eigenvalue weighted by molar-refractivity contribution is 0.539. The Bertz CT molecular complexity index is 633. The van der Waals surface area contributed by atoms with Crippen LogP contribution in [-0.4, -0.2) is 41.4 Å². The van der Waals surface area contributed by atoms with Crippen LogP contribution in [0.2, 0.25) is 0 Å². The Balaban J connectivity index is 3.18. The SMILES string of the molecule is CNC(C)C(C)S(=O)(=O)c1ccc(S(C)(=O)=O)cc1. The predicted octanol–water partition coefficient (Wildman–Crippen LogP) is 0.860. The summed E-state index contributed by atoms with van der Waals surface area (Å²) in [5, 5.41) is 2.31. The molecule has 1 aromatic carbocycles. The number of benzene rings is 1. The van der Waals surface area contributed by atoms with Crippen LogP contribution in [0.1, 0.15) is 13.8 Å². The summed E-state index contributed by atoms with van der Waals surface area (Å²) < 4.78 is 47.3. The van der Waals surface area contributed by atoms with E-state index in [9.17, 15) is 16.8 Å². The molecule has 19 heavy (non-hydrogen) atoms. The monoisotopic (exact) mass is 305 g/mol. The first-order valence-corrected chi connectivity index (χ1v) is 9.25. The molecular formula is C12H19NO4S2. The van der Waals surface area contributed by atoms with Gasteiger partial charge in [0.15, 0.2) is 19.7 Å². The lowest BCUT2D eigenvalue weighted by Crippen LogP contribution is -2.38. The minimum absolute atomic E-state index is 0.112. The molecule has 108 valence electrons. The van der Waals surface area contributed by atoms with Crippen LogP contribution in [0.3, 0.4) is 0 Å². The summed E-state index contributed by atoms with van der Waals surface area (Å²) in [7, 11) is -5.09. The summed E-state index contributed by atoms with van der Waals surface area (Å²) in [6, 6.07) is 5.12. The Labute approximate surface area is 114 Å². The van der Waals surface area contributed by atoms with E-state index in [1.165, 1.54) is 24.3 Å².